The fraction of sp³-hybridized carbons (Fsp3) is 0.810. The average Bonchev–Trinajstić information content (AvgIpc) is 3.23. The topological polar surface area (TPSA) is 75.6 Å². The van der Waals surface area contributed by atoms with Gasteiger partial charge in [-0.05, 0) is 40.5 Å². The molecule has 0 saturated carbocycles. The number of ether oxygens (including phenoxy) is 6. The number of fused-ring (bicyclic) bond motifs is 2. The van der Waals surface area contributed by atoms with E-state index in [1.54, 1.807) is 6.08 Å². The van der Waals surface area contributed by atoms with Crippen LogP contribution in [0.25, 0.3) is 0 Å². The molecule has 160 valence electrons. The largest absolute Gasteiger partial charge is 0.387 e. The maximum atomic E-state index is 9.84. The van der Waals surface area contributed by atoms with Crippen LogP contribution in [0.3, 0.4) is 0 Å². The lowest BCUT2D eigenvalue weighted by Crippen LogP contribution is -2.34. The van der Waals surface area contributed by atoms with Gasteiger partial charge in [0.25, 0.3) is 0 Å². The second kappa shape index (κ2) is 8.14. The molecule has 1 N–H and O–H groups in total. The van der Waals surface area contributed by atoms with Crippen LogP contribution in [0.4, 0.5) is 0 Å². The zero-order valence-electron chi connectivity index (χ0n) is 17.5. The van der Waals surface area contributed by atoms with Crippen molar-refractivity contribution in [1.29, 1.82) is 0 Å². The normalized spacial score (nSPS) is 45.1. The number of aliphatic hydroxyl groups excluding tert-OH is 1. The van der Waals surface area contributed by atoms with Gasteiger partial charge in [-0.3, -0.25) is 0 Å². The highest BCUT2D eigenvalue weighted by atomic mass is 16.8. The van der Waals surface area contributed by atoms with E-state index in [0.29, 0.717) is 12.3 Å². The zero-order chi connectivity index (χ0) is 20.7. The molecule has 0 aromatic carbocycles. The van der Waals surface area contributed by atoms with Gasteiger partial charge in [-0.15, -0.1) is 13.2 Å². The van der Waals surface area contributed by atoms with Crippen molar-refractivity contribution in [2.75, 3.05) is 0 Å². The van der Waals surface area contributed by atoms with Crippen LogP contribution < -0.4 is 0 Å². The van der Waals surface area contributed by atoms with E-state index in [9.17, 15) is 5.11 Å². The van der Waals surface area contributed by atoms with Crippen molar-refractivity contribution < 1.29 is 33.5 Å². The van der Waals surface area contributed by atoms with E-state index in [1.165, 1.54) is 0 Å². The summed E-state index contributed by atoms with van der Waals surface area (Å²) in [5.74, 6) is -0.780. The second-order valence-electron chi connectivity index (χ2n) is 8.68. The summed E-state index contributed by atoms with van der Waals surface area (Å²) in [6.45, 7) is 16.9. The summed E-state index contributed by atoms with van der Waals surface area (Å²) < 4.78 is 33.7. The predicted octanol–water partition coefficient (Wildman–Crippen LogP) is 2.87. The van der Waals surface area contributed by atoms with Crippen molar-refractivity contribution in [2.24, 2.45) is 5.92 Å². The summed E-state index contributed by atoms with van der Waals surface area (Å²) in [7, 11) is 0. The fourth-order valence-electron chi connectivity index (χ4n) is 4.08. The number of aliphatic hydroxyl groups is 1. The van der Waals surface area contributed by atoms with Crippen LogP contribution in [-0.2, 0) is 28.4 Å². The molecule has 0 aromatic rings. The Hall–Kier alpha value is -0.800. The van der Waals surface area contributed by atoms with Crippen molar-refractivity contribution in [1.82, 2.24) is 0 Å². The summed E-state index contributed by atoms with van der Waals surface area (Å²) in [4.78, 5) is 0. The van der Waals surface area contributed by atoms with Gasteiger partial charge in [-0.1, -0.05) is 19.1 Å². The zero-order valence-corrected chi connectivity index (χ0v) is 17.5. The van der Waals surface area contributed by atoms with Crippen LogP contribution in [0.2, 0.25) is 0 Å². The molecule has 4 aliphatic heterocycles. The summed E-state index contributed by atoms with van der Waals surface area (Å²) in [5.41, 5.74) is 0. The minimum atomic E-state index is -0.657. The third-order valence-electron chi connectivity index (χ3n) is 5.41. The highest BCUT2D eigenvalue weighted by Gasteiger charge is 2.54. The van der Waals surface area contributed by atoms with E-state index in [4.69, 9.17) is 28.4 Å². The minimum absolute atomic E-state index is 0.0787. The standard InChI is InChI=1S/C11H18O3.C10H16O4/c1-5-6-8-7(2)9-10(12-8)14-11(3,4)13-9;1-4-5-6-7(11)8-9(12-6)14-10(2,3)13-8/h5,7-10H,1,6H2,2-4H3;4,6-9,11H,1,5H2,2-3H3/t7-,8?,9?,10+;6?,7-,8?,9+/m00/s1. The quantitative estimate of drug-likeness (QED) is 0.730. The molecule has 4 fully saturated rings. The molecule has 8 atom stereocenters. The van der Waals surface area contributed by atoms with Gasteiger partial charge in [0.15, 0.2) is 24.2 Å². The summed E-state index contributed by atoms with van der Waals surface area (Å²) in [6, 6.07) is 0. The van der Waals surface area contributed by atoms with E-state index >= 15 is 0 Å². The Labute approximate surface area is 167 Å². The molecule has 4 rings (SSSR count). The van der Waals surface area contributed by atoms with E-state index in [-0.39, 0.29) is 30.7 Å². The first kappa shape index (κ1) is 21.9. The Morgan fingerprint density at radius 1 is 0.786 bits per heavy atom. The van der Waals surface area contributed by atoms with Crippen LogP contribution in [0.15, 0.2) is 25.3 Å². The molecule has 4 heterocycles. The van der Waals surface area contributed by atoms with Crippen LogP contribution >= 0.6 is 0 Å². The van der Waals surface area contributed by atoms with Crippen LogP contribution in [0.5, 0.6) is 0 Å². The Morgan fingerprint density at radius 3 is 1.75 bits per heavy atom. The number of rotatable bonds is 4. The average molecular weight is 398 g/mol. The van der Waals surface area contributed by atoms with Gasteiger partial charge in [0.2, 0.25) is 0 Å². The number of hydrogen-bond acceptors (Lipinski definition) is 7. The van der Waals surface area contributed by atoms with Crippen molar-refractivity contribution in [3.8, 4) is 0 Å². The Bertz CT molecular complexity index is 525. The lowest BCUT2D eigenvalue weighted by Gasteiger charge is -2.22. The first-order valence-electron chi connectivity index (χ1n) is 9.99. The maximum absolute atomic E-state index is 9.84. The van der Waals surface area contributed by atoms with Crippen LogP contribution in [-0.4, -0.2) is 59.8 Å². The SMILES string of the molecule is C=CCC1O[C@@H]2OC(C)(C)OC2[C@H]1C.C=CCC1O[C@@H]2OC(C)(C)OC2[C@H]1O. The minimum Gasteiger partial charge on any atom is -0.387 e. The molecule has 28 heavy (non-hydrogen) atoms. The van der Waals surface area contributed by atoms with Crippen molar-refractivity contribution in [3.05, 3.63) is 25.3 Å². The maximum Gasteiger partial charge on any atom is 0.190 e. The molecule has 0 aliphatic carbocycles. The van der Waals surface area contributed by atoms with Crippen molar-refractivity contribution in [2.45, 2.75) is 102 Å². The van der Waals surface area contributed by atoms with Crippen molar-refractivity contribution >= 4 is 0 Å². The van der Waals surface area contributed by atoms with Crippen LogP contribution in [0, 0.1) is 5.92 Å². The smallest absolute Gasteiger partial charge is 0.190 e. The van der Waals surface area contributed by atoms with Gasteiger partial charge in [0, 0.05) is 5.92 Å². The number of hydrogen-bond donors (Lipinski definition) is 1. The van der Waals surface area contributed by atoms with E-state index in [2.05, 4.69) is 20.1 Å². The van der Waals surface area contributed by atoms with Gasteiger partial charge in [-0.25, -0.2) is 0 Å². The van der Waals surface area contributed by atoms with Gasteiger partial charge in [0.1, 0.15) is 18.3 Å². The molecule has 0 aromatic heterocycles. The lowest BCUT2D eigenvalue weighted by molar-refractivity contribution is -0.214. The van der Waals surface area contributed by atoms with E-state index in [1.807, 2.05) is 33.8 Å². The molecule has 4 unspecified atom stereocenters. The molecule has 0 amide bonds. The first-order chi connectivity index (χ1) is 13.1. The summed E-state index contributed by atoms with van der Waals surface area (Å²) in [6.07, 6.45) is 3.48. The highest BCUT2D eigenvalue weighted by molar-refractivity contribution is 4.95. The van der Waals surface area contributed by atoms with Gasteiger partial charge in [-0.2, -0.15) is 0 Å². The highest BCUT2D eigenvalue weighted by Crippen LogP contribution is 2.41. The fourth-order valence-corrected chi connectivity index (χ4v) is 4.08. The first-order valence-corrected chi connectivity index (χ1v) is 9.99. The van der Waals surface area contributed by atoms with E-state index < -0.39 is 24.0 Å². The summed E-state index contributed by atoms with van der Waals surface area (Å²) in [5, 5.41) is 9.84. The molecule has 0 radical (unpaired) electrons. The van der Waals surface area contributed by atoms with Crippen molar-refractivity contribution in [3.63, 3.8) is 0 Å². The van der Waals surface area contributed by atoms with Gasteiger partial charge in [0.05, 0.1) is 12.2 Å². The monoisotopic (exact) mass is 398 g/mol. The molecular formula is C21H34O7. The van der Waals surface area contributed by atoms with E-state index in [0.717, 1.165) is 6.42 Å². The van der Waals surface area contributed by atoms with Gasteiger partial charge >= 0.3 is 0 Å². The Balaban J connectivity index is 0.000000161. The third kappa shape index (κ3) is 4.51. The van der Waals surface area contributed by atoms with Crippen LogP contribution in [0.1, 0.15) is 47.5 Å². The second-order valence-corrected chi connectivity index (χ2v) is 8.68. The molecule has 0 spiro atoms. The lowest BCUT2D eigenvalue weighted by atomic mass is 9.99. The predicted molar refractivity (Wildman–Crippen MR) is 102 cm³/mol. The van der Waals surface area contributed by atoms with Gasteiger partial charge < -0.3 is 33.5 Å². The third-order valence-corrected chi connectivity index (χ3v) is 5.41. The molecule has 7 heteroatoms. The molecule has 4 aliphatic rings. The Kier molecular flexibility index (Phi) is 6.37. The molecule has 4 saturated heterocycles. The molecular weight excluding hydrogens is 364 g/mol. The molecule has 0 bridgehead atoms. The summed E-state index contributed by atoms with van der Waals surface area (Å²) >= 11 is 0. The molecule has 7 nitrogen and oxygen atoms in total. The Morgan fingerprint density at radius 2 is 1.25 bits per heavy atom.